The van der Waals surface area contributed by atoms with Crippen LogP contribution in [0.2, 0.25) is 10.0 Å². The third-order valence-electron chi connectivity index (χ3n) is 3.37. The first-order valence-corrected chi connectivity index (χ1v) is 8.09. The molecule has 5 nitrogen and oxygen atoms in total. The third kappa shape index (κ3) is 4.88. The number of hydrogen-bond donors (Lipinski definition) is 2. The van der Waals surface area contributed by atoms with E-state index < -0.39 is 0 Å². The molecule has 1 atom stereocenters. The van der Waals surface area contributed by atoms with Crippen molar-refractivity contribution in [2.45, 2.75) is 39.3 Å². The molecule has 0 aliphatic rings. The smallest absolute Gasteiger partial charge is 0.189 e. The van der Waals surface area contributed by atoms with Gasteiger partial charge in [-0.1, -0.05) is 48.3 Å². The van der Waals surface area contributed by atoms with Gasteiger partial charge in [-0.3, -0.25) is 0 Å². The lowest BCUT2D eigenvalue weighted by Gasteiger charge is -2.16. The van der Waals surface area contributed by atoms with E-state index in [1.165, 1.54) is 0 Å². The Bertz CT molecular complexity index is 697. The van der Waals surface area contributed by atoms with Crippen molar-refractivity contribution in [3.05, 3.63) is 51.3 Å². The zero-order valence-electron chi connectivity index (χ0n) is 13.3. The molecule has 7 heteroatoms. The molecule has 0 saturated carbocycles. The van der Waals surface area contributed by atoms with Crippen LogP contribution in [-0.2, 0) is 6.54 Å². The Balaban J connectivity index is 1.98. The van der Waals surface area contributed by atoms with Crippen LogP contribution in [0.4, 0.5) is 0 Å². The summed E-state index contributed by atoms with van der Waals surface area (Å²) in [5.74, 6) is 1.31. The van der Waals surface area contributed by atoms with Crippen molar-refractivity contribution in [3.8, 4) is 0 Å². The number of aromatic nitrogens is 1. The molecule has 2 aromatic rings. The van der Waals surface area contributed by atoms with Gasteiger partial charge in [-0.2, -0.15) is 0 Å². The van der Waals surface area contributed by atoms with E-state index in [2.05, 4.69) is 29.3 Å². The molecule has 0 spiro atoms. The van der Waals surface area contributed by atoms with Gasteiger partial charge in [-0.25, -0.2) is 4.99 Å². The fraction of sp³-hybridized carbons (Fsp3) is 0.375. The molecule has 0 radical (unpaired) electrons. The first-order valence-electron chi connectivity index (χ1n) is 7.33. The zero-order valence-corrected chi connectivity index (χ0v) is 14.8. The van der Waals surface area contributed by atoms with Crippen molar-refractivity contribution in [1.29, 1.82) is 0 Å². The van der Waals surface area contributed by atoms with Gasteiger partial charge in [0.15, 0.2) is 11.7 Å². The maximum atomic E-state index is 6.18. The summed E-state index contributed by atoms with van der Waals surface area (Å²) in [7, 11) is 0. The molecular weight excluding hydrogens is 335 g/mol. The fourth-order valence-corrected chi connectivity index (χ4v) is 2.61. The first kappa shape index (κ1) is 17.6. The number of rotatable bonds is 5. The highest BCUT2D eigenvalue weighted by Gasteiger charge is 2.11. The van der Waals surface area contributed by atoms with Gasteiger partial charge < -0.3 is 15.6 Å². The Hall–Kier alpha value is -1.72. The number of guanidine groups is 1. The molecule has 1 unspecified atom stereocenters. The SMILES string of the molecule is CC(C)c1cc(CN=C(N)NC(C)c2ccc(Cl)cc2Cl)on1. The largest absolute Gasteiger partial charge is 0.370 e. The summed E-state index contributed by atoms with van der Waals surface area (Å²) >= 11 is 12.1. The van der Waals surface area contributed by atoms with Crippen LogP contribution < -0.4 is 11.1 Å². The minimum Gasteiger partial charge on any atom is -0.370 e. The summed E-state index contributed by atoms with van der Waals surface area (Å²) in [5.41, 5.74) is 7.72. The summed E-state index contributed by atoms with van der Waals surface area (Å²) in [5, 5.41) is 8.26. The lowest BCUT2D eigenvalue weighted by atomic mass is 10.1. The summed E-state index contributed by atoms with van der Waals surface area (Å²) in [6.45, 7) is 6.39. The average Bonchev–Trinajstić information content (AvgIpc) is 2.94. The third-order valence-corrected chi connectivity index (χ3v) is 3.93. The van der Waals surface area contributed by atoms with Crippen LogP contribution in [0.3, 0.4) is 0 Å². The highest BCUT2D eigenvalue weighted by atomic mass is 35.5. The van der Waals surface area contributed by atoms with Crippen molar-refractivity contribution < 1.29 is 4.52 Å². The van der Waals surface area contributed by atoms with E-state index in [-0.39, 0.29) is 6.04 Å². The summed E-state index contributed by atoms with van der Waals surface area (Å²) in [6, 6.07) is 7.15. The monoisotopic (exact) mass is 354 g/mol. The van der Waals surface area contributed by atoms with Crippen LogP contribution in [0.25, 0.3) is 0 Å². The summed E-state index contributed by atoms with van der Waals surface area (Å²) < 4.78 is 5.22. The van der Waals surface area contributed by atoms with Crippen molar-refractivity contribution in [2.24, 2.45) is 10.7 Å². The second-order valence-electron chi connectivity index (χ2n) is 5.61. The van der Waals surface area contributed by atoms with Crippen LogP contribution >= 0.6 is 23.2 Å². The molecule has 1 aromatic carbocycles. The van der Waals surface area contributed by atoms with Crippen LogP contribution in [0.15, 0.2) is 33.8 Å². The minimum absolute atomic E-state index is 0.0931. The maximum Gasteiger partial charge on any atom is 0.189 e. The van der Waals surface area contributed by atoms with Gasteiger partial charge in [0.1, 0.15) is 6.54 Å². The molecule has 124 valence electrons. The van der Waals surface area contributed by atoms with Crippen molar-refractivity contribution in [3.63, 3.8) is 0 Å². The number of halogens is 2. The standard InChI is InChI=1S/C16H20Cl2N4O/c1-9(2)15-7-12(23-22-15)8-20-16(19)21-10(3)13-5-4-11(17)6-14(13)18/h4-7,9-10H,8H2,1-3H3,(H3,19,20,21). The van der Waals surface area contributed by atoms with Crippen LogP contribution in [0.5, 0.6) is 0 Å². The van der Waals surface area contributed by atoms with E-state index >= 15 is 0 Å². The van der Waals surface area contributed by atoms with Crippen LogP contribution in [-0.4, -0.2) is 11.1 Å². The average molecular weight is 355 g/mol. The van der Waals surface area contributed by atoms with E-state index in [1.54, 1.807) is 12.1 Å². The predicted octanol–water partition coefficient (Wildman–Crippen LogP) is 4.27. The van der Waals surface area contributed by atoms with Gasteiger partial charge >= 0.3 is 0 Å². The quantitative estimate of drug-likeness (QED) is 0.620. The maximum absolute atomic E-state index is 6.18. The van der Waals surface area contributed by atoms with E-state index in [4.69, 9.17) is 33.5 Å². The first-order chi connectivity index (χ1) is 10.9. The molecular formula is C16H20Cl2N4O. The molecule has 23 heavy (non-hydrogen) atoms. The molecule has 1 heterocycles. The zero-order chi connectivity index (χ0) is 17.0. The number of hydrogen-bond acceptors (Lipinski definition) is 3. The Morgan fingerprint density at radius 3 is 2.65 bits per heavy atom. The summed E-state index contributed by atoms with van der Waals surface area (Å²) in [6.07, 6.45) is 0. The molecule has 1 aromatic heterocycles. The van der Waals surface area contributed by atoms with Gasteiger partial charge in [0.2, 0.25) is 0 Å². The molecule has 0 amide bonds. The fourth-order valence-electron chi connectivity index (χ4n) is 2.04. The predicted molar refractivity (Wildman–Crippen MR) is 93.9 cm³/mol. The Morgan fingerprint density at radius 1 is 1.30 bits per heavy atom. The van der Waals surface area contributed by atoms with Gasteiger partial charge in [0, 0.05) is 16.1 Å². The Kier molecular flexibility index (Phi) is 5.91. The number of nitrogens with one attached hydrogen (secondary N) is 1. The van der Waals surface area contributed by atoms with Gasteiger partial charge in [-0.05, 0) is 30.5 Å². The molecule has 0 saturated heterocycles. The molecule has 0 fully saturated rings. The molecule has 3 N–H and O–H groups in total. The minimum atomic E-state index is -0.0931. The topological polar surface area (TPSA) is 76.4 Å². The summed E-state index contributed by atoms with van der Waals surface area (Å²) in [4.78, 5) is 4.26. The van der Waals surface area contributed by atoms with E-state index in [1.807, 2.05) is 19.1 Å². The lowest BCUT2D eigenvalue weighted by molar-refractivity contribution is 0.376. The van der Waals surface area contributed by atoms with Crippen LogP contribution in [0, 0.1) is 0 Å². The molecule has 0 aliphatic heterocycles. The molecule has 0 aliphatic carbocycles. The van der Waals surface area contributed by atoms with E-state index in [0.717, 1.165) is 11.3 Å². The Labute approximate surface area is 145 Å². The number of nitrogens with zero attached hydrogens (tertiary/aromatic N) is 2. The van der Waals surface area contributed by atoms with Gasteiger partial charge in [0.05, 0.1) is 11.7 Å². The van der Waals surface area contributed by atoms with Crippen molar-refractivity contribution in [2.75, 3.05) is 0 Å². The lowest BCUT2D eigenvalue weighted by Crippen LogP contribution is -2.33. The normalized spacial score (nSPS) is 13.4. The van der Waals surface area contributed by atoms with E-state index in [9.17, 15) is 0 Å². The van der Waals surface area contributed by atoms with Crippen molar-refractivity contribution in [1.82, 2.24) is 10.5 Å². The van der Waals surface area contributed by atoms with Crippen molar-refractivity contribution >= 4 is 29.2 Å². The highest BCUT2D eigenvalue weighted by Crippen LogP contribution is 2.25. The second kappa shape index (κ2) is 7.70. The number of nitrogens with two attached hydrogens (primary N) is 1. The van der Waals surface area contributed by atoms with Crippen LogP contribution in [0.1, 0.15) is 49.7 Å². The highest BCUT2D eigenvalue weighted by molar-refractivity contribution is 6.35. The second-order valence-corrected chi connectivity index (χ2v) is 6.45. The number of aliphatic imine (C=N–C) groups is 1. The molecule has 2 rings (SSSR count). The van der Waals surface area contributed by atoms with Gasteiger partial charge in [-0.15, -0.1) is 0 Å². The number of benzene rings is 1. The molecule has 0 bridgehead atoms. The van der Waals surface area contributed by atoms with Gasteiger partial charge in [0.25, 0.3) is 0 Å². The van der Waals surface area contributed by atoms with E-state index in [0.29, 0.717) is 34.2 Å². The Morgan fingerprint density at radius 2 is 2.04 bits per heavy atom.